The number of carbonyl (C=O) groups is 1. The Balaban J connectivity index is 1.50. The Kier molecular flexibility index (Phi) is 4.99. The van der Waals surface area contributed by atoms with Gasteiger partial charge in [0.05, 0.1) is 18.0 Å². The Hall–Kier alpha value is -2.15. The fourth-order valence-electron chi connectivity index (χ4n) is 3.70. The number of benzene rings is 1. The van der Waals surface area contributed by atoms with E-state index in [0.29, 0.717) is 12.1 Å². The molecule has 7 heteroatoms. The molecule has 2 bridgehead atoms. The van der Waals surface area contributed by atoms with Crippen molar-refractivity contribution in [3.8, 4) is 5.75 Å². The third-order valence-electron chi connectivity index (χ3n) is 5.02. The molecular formula is C17H23N3O4. The summed E-state index contributed by atoms with van der Waals surface area (Å²) in [5, 5.41) is 14.5. The number of amides is 1. The van der Waals surface area contributed by atoms with E-state index in [-0.39, 0.29) is 36.4 Å². The fraction of sp³-hybridized carbons (Fsp3) is 0.588. The maximum absolute atomic E-state index is 12.4. The van der Waals surface area contributed by atoms with Gasteiger partial charge < -0.3 is 15.0 Å². The van der Waals surface area contributed by atoms with E-state index in [9.17, 15) is 14.9 Å². The molecule has 2 unspecified atom stereocenters. The van der Waals surface area contributed by atoms with Crippen LogP contribution in [-0.2, 0) is 4.79 Å². The van der Waals surface area contributed by atoms with Gasteiger partial charge in [-0.1, -0.05) is 12.1 Å². The lowest BCUT2D eigenvalue weighted by Crippen LogP contribution is -2.48. The maximum Gasteiger partial charge on any atom is 0.310 e. The van der Waals surface area contributed by atoms with E-state index in [1.165, 1.54) is 18.9 Å². The Morgan fingerprint density at radius 3 is 2.67 bits per heavy atom. The first-order valence-corrected chi connectivity index (χ1v) is 8.42. The largest absolute Gasteiger partial charge is 0.486 e. The maximum atomic E-state index is 12.4. The molecule has 1 N–H and O–H groups in total. The third kappa shape index (κ3) is 3.67. The Labute approximate surface area is 141 Å². The van der Waals surface area contributed by atoms with Crippen LogP contribution in [0.2, 0.25) is 0 Å². The average Bonchev–Trinajstić information content (AvgIpc) is 2.92. The number of para-hydroxylation sites is 2. The molecule has 2 atom stereocenters. The van der Waals surface area contributed by atoms with Crippen LogP contribution in [0.4, 0.5) is 5.69 Å². The molecule has 0 radical (unpaired) electrons. The molecular weight excluding hydrogens is 310 g/mol. The van der Waals surface area contributed by atoms with Gasteiger partial charge in [0.15, 0.2) is 5.75 Å². The van der Waals surface area contributed by atoms with Gasteiger partial charge in [-0.3, -0.25) is 14.9 Å². The van der Waals surface area contributed by atoms with Gasteiger partial charge in [-0.05, 0) is 31.7 Å². The summed E-state index contributed by atoms with van der Waals surface area (Å²) in [5.74, 6) is 0.234. The predicted molar refractivity (Wildman–Crippen MR) is 88.9 cm³/mol. The highest BCUT2D eigenvalue weighted by Crippen LogP contribution is 2.29. The molecule has 3 rings (SSSR count). The van der Waals surface area contributed by atoms with Crippen molar-refractivity contribution >= 4 is 11.6 Å². The second-order valence-electron chi connectivity index (χ2n) is 6.59. The lowest BCUT2D eigenvalue weighted by Gasteiger charge is -2.35. The molecule has 2 heterocycles. The monoisotopic (exact) mass is 333 g/mol. The topological polar surface area (TPSA) is 84.7 Å². The molecule has 7 nitrogen and oxygen atoms in total. The number of rotatable bonds is 6. The molecule has 2 saturated heterocycles. The molecule has 130 valence electrons. The number of nitro benzene ring substituents is 1. The lowest BCUT2D eigenvalue weighted by molar-refractivity contribution is -0.385. The lowest BCUT2D eigenvalue weighted by atomic mass is 9.98. The second kappa shape index (κ2) is 7.17. The van der Waals surface area contributed by atoms with E-state index in [0.717, 1.165) is 12.8 Å². The normalized spacial score (nSPS) is 25.3. The van der Waals surface area contributed by atoms with E-state index in [1.807, 2.05) is 11.9 Å². The van der Waals surface area contributed by atoms with E-state index in [2.05, 4.69) is 5.32 Å². The van der Waals surface area contributed by atoms with Crippen molar-refractivity contribution in [1.82, 2.24) is 10.2 Å². The van der Waals surface area contributed by atoms with Crippen LogP contribution in [0, 0.1) is 10.1 Å². The molecule has 2 aliphatic rings. The number of hydrogen-bond donors (Lipinski definition) is 1. The smallest absolute Gasteiger partial charge is 0.310 e. The number of fused-ring (bicyclic) bond motifs is 2. The van der Waals surface area contributed by atoms with Crippen LogP contribution in [0.25, 0.3) is 0 Å². The number of ether oxygens (including phenoxy) is 1. The molecule has 0 aliphatic carbocycles. The first-order chi connectivity index (χ1) is 11.5. The van der Waals surface area contributed by atoms with Crippen molar-refractivity contribution in [3.63, 3.8) is 0 Å². The summed E-state index contributed by atoms with van der Waals surface area (Å²) in [6, 6.07) is 7.57. The summed E-state index contributed by atoms with van der Waals surface area (Å²) in [6.07, 6.45) is 4.63. The zero-order valence-corrected chi connectivity index (χ0v) is 13.8. The molecule has 2 aliphatic heterocycles. The van der Waals surface area contributed by atoms with E-state index in [1.54, 1.807) is 18.2 Å². The van der Waals surface area contributed by atoms with Crippen molar-refractivity contribution in [2.45, 2.75) is 50.2 Å². The van der Waals surface area contributed by atoms with Crippen molar-refractivity contribution in [2.75, 3.05) is 13.7 Å². The van der Waals surface area contributed by atoms with Crippen LogP contribution in [0.3, 0.4) is 0 Å². The number of hydrogen-bond acceptors (Lipinski definition) is 5. The van der Waals surface area contributed by atoms with Gasteiger partial charge in [0.25, 0.3) is 0 Å². The Bertz CT molecular complexity index is 610. The van der Waals surface area contributed by atoms with Gasteiger partial charge in [-0.2, -0.15) is 0 Å². The number of carbonyl (C=O) groups excluding carboxylic acids is 1. The molecule has 1 amide bonds. The summed E-state index contributed by atoms with van der Waals surface area (Å²) in [4.78, 5) is 24.7. The minimum absolute atomic E-state index is 0.0277. The van der Waals surface area contributed by atoms with Crippen molar-refractivity contribution in [1.29, 1.82) is 0 Å². The number of nitro groups is 1. The molecule has 1 aromatic rings. The molecule has 0 spiro atoms. The van der Waals surface area contributed by atoms with Gasteiger partial charge in [-0.25, -0.2) is 0 Å². The van der Waals surface area contributed by atoms with Gasteiger partial charge >= 0.3 is 5.69 Å². The summed E-state index contributed by atoms with van der Waals surface area (Å²) in [5.41, 5.74) is -0.0757. The fourth-order valence-corrected chi connectivity index (χ4v) is 3.70. The summed E-state index contributed by atoms with van der Waals surface area (Å²) >= 11 is 0. The van der Waals surface area contributed by atoms with Crippen LogP contribution in [0.5, 0.6) is 5.75 Å². The van der Waals surface area contributed by atoms with Crippen LogP contribution in [0.1, 0.15) is 32.1 Å². The van der Waals surface area contributed by atoms with E-state index < -0.39 is 4.92 Å². The number of nitrogens with one attached hydrogen (secondary N) is 1. The average molecular weight is 333 g/mol. The van der Waals surface area contributed by atoms with Gasteiger partial charge in [0.2, 0.25) is 5.91 Å². The van der Waals surface area contributed by atoms with Gasteiger partial charge in [0, 0.05) is 31.2 Å². The standard InChI is InChI=1S/C17H23N3O4/c1-19(14-10-12-6-7-13(11-14)18-12)17(21)8-9-24-16-5-3-2-4-15(16)20(22)23/h2-5,12-14,18H,6-11H2,1H3. The van der Waals surface area contributed by atoms with Crippen LogP contribution in [0.15, 0.2) is 24.3 Å². The first-order valence-electron chi connectivity index (χ1n) is 8.42. The highest BCUT2D eigenvalue weighted by atomic mass is 16.6. The Morgan fingerprint density at radius 2 is 2.00 bits per heavy atom. The number of piperidine rings is 1. The summed E-state index contributed by atoms with van der Waals surface area (Å²) in [6.45, 7) is 0.145. The molecule has 2 fully saturated rings. The minimum atomic E-state index is -0.478. The van der Waals surface area contributed by atoms with Gasteiger partial charge in [-0.15, -0.1) is 0 Å². The highest BCUT2D eigenvalue weighted by molar-refractivity contribution is 5.76. The SMILES string of the molecule is CN(C(=O)CCOc1ccccc1[N+](=O)[O-])C1CC2CCC(C1)N2. The molecule has 0 aromatic heterocycles. The van der Waals surface area contributed by atoms with Crippen molar-refractivity contribution in [3.05, 3.63) is 34.4 Å². The number of nitrogens with zero attached hydrogens (tertiary/aromatic N) is 2. The van der Waals surface area contributed by atoms with Crippen molar-refractivity contribution < 1.29 is 14.5 Å². The summed E-state index contributed by atoms with van der Waals surface area (Å²) < 4.78 is 5.46. The van der Waals surface area contributed by atoms with Crippen LogP contribution in [-0.4, -0.2) is 47.5 Å². The zero-order chi connectivity index (χ0) is 17.1. The Morgan fingerprint density at radius 1 is 1.33 bits per heavy atom. The molecule has 1 aromatic carbocycles. The predicted octanol–water partition coefficient (Wildman–Crippen LogP) is 2.11. The zero-order valence-electron chi connectivity index (χ0n) is 13.8. The van der Waals surface area contributed by atoms with Crippen molar-refractivity contribution in [2.24, 2.45) is 0 Å². The van der Waals surface area contributed by atoms with E-state index in [4.69, 9.17) is 4.74 Å². The molecule has 24 heavy (non-hydrogen) atoms. The highest BCUT2D eigenvalue weighted by Gasteiger charge is 2.36. The molecule has 0 saturated carbocycles. The minimum Gasteiger partial charge on any atom is -0.486 e. The van der Waals surface area contributed by atoms with Gasteiger partial charge in [0.1, 0.15) is 0 Å². The third-order valence-corrected chi connectivity index (χ3v) is 5.02. The van der Waals surface area contributed by atoms with Crippen LogP contribution >= 0.6 is 0 Å². The second-order valence-corrected chi connectivity index (χ2v) is 6.59. The van der Waals surface area contributed by atoms with E-state index >= 15 is 0 Å². The quantitative estimate of drug-likeness (QED) is 0.636. The first kappa shape index (κ1) is 16.7. The van der Waals surface area contributed by atoms with Crippen LogP contribution < -0.4 is 10.1 Å². The summed E-state index contributed by atoms with van der Waals surface area (Å²) in [7, 11) is 1.85.